The number of nitrogens with zero attached hydrogens (tertiary/aromatic N) is 3. The first-order valence-corrected chi connectivity index (χ1v) is 9.14. The van der Waals surface area contributed by atoms with Crippen molar-refractivity contribution in [1.82, 2.24) is 9.97 Å². The molecule has 0 radical (unpaired) electrons. The molecule has 0 N–H and O–H groups in total. The largest absolute Gasteiger partial charge is 0.356 e. The maximum absolute atomic E-state index is 6.19. The molecule has 1 saturated carbocycles. The van der Waals surface area contributed by atoms with E-state index in [1.165, 1.54) is 67.2 Å². The fourth-order valence-corrected chi connectivity index (χ4v) is 5.32. The summed E-state index contributed by atoms with van der Waals surface area (Å²) < 4.78 is 0. The van der Waals surface area contributed by atoms with Gasteiger partial charge in [0, 0.05) is 18.0 Å². The van der Waals surface area contributed by atoms with E-state index in [1.54, 1.807) is 0 Å². The summed E-state index contributed by atoms with van der Waals surface area (Å²) in [5.41, 5.74) is 1.49. The summed E-state index contributed by atoms with van der Waals surface area (Å²) in [6.45, 7) is 0. The highest BCUT2D eigenvalue weighted by Gasteiger charge is 2.26. The lowest BCUT2D eigenvalue weighted by Crippen LogP contribution is -2.34. The number of rotatable bonds is 2. The first kappa shape index (κ1) is 13.8. The molecule has 0 atom stereocenters. The number of halogens is 1. The minimum Gasteiger partial charge on any atom is -0.356 e. The molecule has 0 aliphatic heterocycles. The molecule has 2 aliphatic rings. The summed E-state index contributed by atoms with van der Waals surface area (Å²) in [7, 11) is 2.19. The van der Waals surface area contributed by atoms with E-state index >= 15 is 0 Å². The van der Waals surface area contributed by atoms with E-state index in [1.807, 2.05) is 11.3 Å². The van der Waals surface area contributed by atoms with E-state index in [4.69, 9.17) is 11.6 Å². The average Bonchev–Trinajstić information content (AvgIpc) is 3.06. The third-order valence-corrected chi connectivity index (χ3v) is 6.33. The molecule has 0 aromatic carbocycles. The SMILES string of the molecule is CN(c1nc(Cl)nc2sc3c(c12)CCC3)C1CCCCC1. The predicted octanol–water partition coefficient (Wildman–Crippen LogP) is 4.60. The number of hydrogen-bond acceptors (Lipinski definition) is 4. The molecule has 0 unspecified atom stereocenters. The van der Waals surface area contributed by atoms with Crippen molar-refractivity contribution in [2.75, 3.05) is 11.9 Å². The number of aryl methyl sites for hydroxylation is 2. The number of aromatic nitrogens is 2. The average molecular weight is 322 g/mol. The fourth-order valence-electron chi connectivity index (χ4n) is 3.85. The Morgan fingerprint density at radius 2 is 1.90 bits per heavy atom. The van der Waals surface area contributed by atoms with Gasteiger partial charge in [-0.05, 0) is 49.3 Å². The van der Waals surface area contributed by atoms with Crippen LogP contribution in [0.4, 0.5) is 5.82 Å². The van der Waals surface area contributed by atoms with Crippen molar-refractivity contribution >= 4 is 39.0 Å². The van der Waals surface area contributed by atoms with Gasteiger partial charge in [-0.2, -0.15) is 4.98 Å². The summed E-state index contributed by atoms with van der Waals surface area (Å²) in [6.07, 6.45) is 10.2. The third-order valence-electron chi connectivity index (χ3n) is 4.97. The minimum absolute atomic E-state index is 0.389. The van der Waals surface area contributed by atoms with Crippen LogP contribution in [0.5, 0.6) is 0 Å². The maximum Gasteiger partial charge on any atom is 0.225 e. The predicted molar refractivity (Wildman–Crippen MR) is 89.7 cm³/mol. The van der Waals surface area contributed by atoms with Crippen molar-refractivity contribution in [2.24, 2.45) is 0 Å². The van der Waals surface area contributed by atoms with Gasteiger partial charge < -0.3 is 4.90 Å². The standard InChI is InChI=1S/C16H20ClN3S/c1-20(10-6-3-2-4-7-10)14-13-11-8-5-9-12(11)21-15(13)19-16(17)18-14/h10H,2-9H2,1H3. The lowest BCUT2D eigenvalue weighted by molar-refractivity contribution is 0.426. The monoisotopic (exact) mass is 321 g/mol. The lowest BCUT2D eigenvalue weighted by Gasteiger charge is -2.32. The zero-order chi connectivity index (χ0) is 14.4. The highest BCUT2D eigenvalue weighted by atomic mass is 35.5. The van der Waals surface area contributed by atoms with E-state index in [2.05, 4.69) is 21.9 Å². The summed E-state index contributed by atoms with van der Waals surface area (Å²) in [5.74, 6) is 1.07. The van der Waals surface area contributed by atoms with E-state index in [-0.39, 0.29) is 0 Å². The van der Waals surface area contributed by atoms with Gasteiger partial charge >= 0.3 is 0 Å². The van der Waals surface area contributed by atoms with Crippen LogP contribution in [0, 0.1) is 0 Å². The quantitative estimate of drug-likeness (QED) is 0.757. The van der Waals surface area contributed by atoms with Crippen LogP contribution in [0.1, 0.15) is 49.0 Å². The summed E-state index contributed by atoms with van der Waals surface area (Å²) in [4.78, 5) is 14.0. The molecule has 0 saturated heterocycles. The molecule has 1 fully saturated rings. The van der Waals surface area contributed by atoms with Crippen molar-refractivity contribution in [1.29, 1.82) is 0 Å². The minimum atomic E-state index is 0.389. The smallest absolute Gasteiger partial charge is 0.225 e. The molecule has 2 heterocycles. The molecule has 21 heavy (non-hydrogen) atoms. The van der Waals surface area contributed by atoms with Crippen LogP contribution < -0.4 is 4.90 Å². The molecule has 0 bridgehead atoms. The molecular formula is C16H20ClN3S. The van der Waals surface area contributed by atoms with E-state index < -0.39 is 0 Å². The third kappa shape index (κ3) is 2.33. The topological polar surface area (TPSA) is 29.0 Å². The van der Waals surface area contributed by atoms with Crippen LogP contribution >= 0.6 is 22.9 Å². The van der Waals surface area contributed by atoms with Gasteiger partial charge in [-0.1, -0.05) is 19.3 Å². The summed E-state index contributed by atoms with van der Waals surface area (Å²) in [5, 5.41) is 1.67. The Balaban J connectivity index is 1.82. The Kier molecular flexibility index (Phi) is 3.54. The summed E-state index contributed by atoms with van der Waals surface area (Å²) in [6, 6.07) is 0.602. The van der Waals surface area contributed by atoms with Gasteiger partial charge in [-0.25, -0.2) is 4.98 Å². The Morgan fingerprint density at radius 1 is 1.10 bits per heavy atom. The van der Waals surface area contributed by atoms with Gasteiger partial charge in [0.2, 0.25) is 5.28 Å². The summed E-state index contributed by atoms with van der Waals surface area (Å²) >= 11 is 8.00. The second-order valence-corrected chi connectivity index (χ2v) is 7.68. The lowest BCUT2D eigenvalue weighted by atomic mass is 9.94. The fraction of sp³-hybridized carbons (Fsp3) is 0.625. The Morgan fingerprint density at radius 3 is 2.71 bits per heavy atom. The van der Waals surface area contributed by atoms with Crippen molar-refractivity contribution < 1.29 is 0 Å². The molecule has 0 amide bonds. The van der Waals surface area contributed by atoms with Crippen molar-refractivity contribution in [3.8, 4) is 0 Å². The first-order valence-electron chi connectivity index (χ1n) is 7.94. The number of fused-ring (bicyclic) bond motifs is 3. The van der Waals surface area contributed by atoms with Crippen molar-refractivity contribution in [3.63, 3.8) is 0 Å². The van der Waals surface area contributed by atoms with Crippen LogP contribution in [0.15, 0.2) is 0 Å². The van der Waals surface area contributed by atoms with E-state index in [0.717, 1.165) is 10.6 Å². The van der Waals surface area contributed by atoms with Gasteiger partial charge in [-0.3, -0.25) is 0 Å². The maximum atomic E-state index is 6.19. The Labute approximate surface area is 134 Å². The van der Waals surface area contributed by atoms with Gasteiger partial charge in [0.25, 0.3) is 0 Å². The molecule has 5 heteroatoms. The van der Waals surface area contributed by atoms with Gasteiger partial charge in [0.15, 0.2) is 0 Å². The van der Waals surface area contributed by atoms with Crippen LogP contribution in [0.25, 0.3) is 10.2 Å². The highest BCUT2D eigenvalue weighted by Crippen LogP contribution is 2.41. The second kappa shape index (κ2) is 5.40. The molecule has 112 valence electrons. The molecule has 2 aromatic heterocycles. The molecule has 4 rings (SSSR count). The van der Waals surface area contributed by atoms with Crippen molar-refractivity contribution in [2.45, 2.75) is 57.4 Å². The molecule has 2 aliphatic carbocycles. The highest BCUT2D eigenvalue weighted by molar-refractivity contribution is 7.19. The number of thiophene rings is 1. The van der Waals surface area contributed by atoms with Gasteiger partial charge in [0.05, 0.1) is 5.39 Å². The number of anilines is 1. The molecule has 0 spiro atoms. The van der Waals surface area contributed by atoms with Crippen LogP contribution in [-0.4, -0.2) is 23.1 Å². The van der Waals surface area contributed by atoms with Crippen LogP contribution in [0.3, 0.4) is 0 Å². The van der Waals surface area contributed by atoms with E-state index in [0.29, 0.717) is 11.3 Å². The number of hydrogen-bond donors (Lipinski definition) is 0. The molecule has 2 aromatic rings. The molecule has 3 nitrogen and oxygen atoms in total. The normalized spacial score (nSPS) is 19.1. The van der Waals surface area contributed by atoms with Crippen LogP contribution in [-0.2, 0) is 12.8 Å². The first-order chi connectivity index (χ1) is 10.2. The molecular weight excluding hydrogens is 302 g/mol. The zero-order valence-corrected chi connectivity index (χ0v) is 13.9. The van der Waals surface area contributed by atoms with Gasteiger partial charge in [-0.15, -0.1) is 11.3 Å². The Hall–Kier alpha value is -0.870. The van der Waals surface area contributed by atoms with E-state index in [9.17, 15) is 0 Å². The second-order valence-electron chi connectivity index (χ2n) is 6.26. The van der Waals surface area contributed by atoms with Crippen molar-refractivity contribution in [3.05, 3.63) is 15.7 Å². The van der Waals surface area contributed by atoms with Gasteiger partial charge in [0.1, 0.15) is 10.6 Å². The zero-order valence-electron chi connectivity index (χ0n) is 12.4. The Bertz CT molecular complexity index is 676. The van der Waals surface area contributed by atoms with Crippen LogP contribution in [0.2, 0.25) is 5.28 Å².